The Morgan fingerprint density at radius 2 is 2.12 bits per heavy atom. The maximum atomic E-state index is 13.0. The number of aliphatic hydroxyl groups excluding tert-OH is 1. The van der Waals surface area contributed by atoms with E-state index in [4.69, 9.17) is 10.8 Å². The first-order chi connectivity index (χ1) is 7.79. The number of benzene rings is 1. The van der Waals surface area contributed by atoms with Gasteiger partial charge < -0.3 is 10.8 Å². The first-order valence-electron chi connectivity index (χ1n) is 4.47. The number of nitrogens with zero attached hydrogens (tertiary/aromatic N) is 1. The second kappa shape index (κ2) is 4.68. The van der Waals surface area contributed by atoms with Crippen LogP contribution < -0.4 is 5.73 Å². The van der Waals surface area contributed by atoms with Crippen LogP contribution in [0.3, 0.4) is 0 Å². The van der Waals surface area contributed by atoms with Crippen LogP contribution in [0.2, 0.25) is 0 Å². The van der Waals surface area contributed by atoms with Gasteiger partial charge in [0.1, 0.15) is 6.61 Å². The van der Waals surface area contributed by atoms with Crippen molar-refractivity contribution >= 4 is 5.69 Å². The van der Waals surface area contributed by atoms with Crippen LogP contribution in [0.5, 0.6) is 0 Å². The third-order valence-electron chi connectivity index (χ3n) is 2.19. The lowest BCUT2D eigenvalue weighted by Crippen LogP contribution is -2.36. The minimum absolute atomic E-state index is 0.322. The minimum atomic E-state index is -3.63. The van der Waals surface area contributed by atoms with E-state index in [0.29, 0.717) is 12.1 Å². The topological polar surface area (TPSA) is 89.4 Å². The van der Waals surface area contributed by atoms with Crippen molar-refractivity contribution in [1.29, 1.82) is 0 Å². The van der Waals surface area contributed by atoms with Crippen molar-refractivity contribution in [3.8, 4) is 0 Å². The molecule has 8 heteroatoms. The molecule has 0 heterocycles. The Labute approximate surface area is 93.8 Å². The fraction of sp³-hybridized carbons (Fsp3) is 0.333. The van der Waals surface area contributed by atoms with E-state index in [1.807, 2.05) is 0 Å². The van der Waals surface area contributed by atoms with Gasteiger partial charge in [0.2, 0.25) is 5.82 Å². The van der Waals surface area contributed by atoms with Crippen LogP contribution in [0, 0.1) is 15.9 Å². The number of halogens is 3. The maximum Gasteiger partial charge on any atom is 0.305 e. The van der Waals surface area contributed by atoms with Crippen LogP contribution in [0.15, 0.2) is 18.2 Å². The standard InChI is InChI=1S/C9H9F3N2O3/c10-6-2-1-5(3-7(6)14(16)17)8(13)9(11,12)4-15/h1-3,8,15H,4,13H2/t8-/m1/s1. The summed E-state index contributed by atoms with van der Waals surface area (Å²) >= 11 is 0. The highest BCUT2D eigenvalue weighted by molar-refractivity contribution is 5.38. The summed E-state index contributed by atoms with van der Waals surface area (Å²) in [4.78, 5) is 9.36. The largest absolute Gasteiger partial charge is 0.390 e. The number of alkyl halides is 2. The Morgan fingerprint density at radius 3 is 2.59 bits per heavy atom. The molecule has 17 heavy (non-hydrogen) atoms. The average Bonchev–Trinajstić information content (AvgIpc) is 2.28. The summed E-state index contributed by atoms with van der Waals surface area (Å²) in [5.41, 5.74) is 3.89. The number of nitrogens with two attached hydrogens (primary N) is 1. The molecule has 1 rings (SSSR count). The van der Waals surface area contributed by atoms with Gasteiger partial charge in [0.25, 0.3) is 5.92 Å². The molecule has 1 atom stereocenters. The zero-order valence-corrected chi connectivity index (χ0v) is 8.44. The smallest absolute Gasteiger partial charge is 0.305 e. The number of hydrogen-bond acceptors (Lipinski definition) is 4. The van der Waals surface area contributed by atoms with Gasteiger partial charge in [-0.3, -0.25) is 10.1 Å². The number of rotatable bonds is 4. The molecule has 0 saturated heterocycles. The van der Waals surface area contributed by atoms with Crippen molar-refractivity contribution in [2.45, 2.75) is 12.0 Å². The maximum absolute atomic E-state index is 13.0. The average molecular weight is 250 g/mol. The predicted octanol–water partition coefficient (Wildman–Crippen LogP) is 1.36. The summed E-state index contributed by atoms with van der Waals surface area (Å²) in [6, 6.07) is 0.285. The molecule has 0 radical (unpaired) electrons. The second-order valence-corrected chi connectivity index (χ2v) is 3.36. The van der Waals surface area contributed by atoms with Crippen LogP contribution >= 0.6 is 0 Å². The molecule has 0 aliphatic heterocycles. The molecule has 1 aromatic carbocycles. The molecule has 0 fully saturated rings. The number of hydrogen-bond donors (Lipinski definition) is 2. The SMILES string of the molecule is N[C@H](c1ccc(F)c([N+](=O)[O-])c1)C(F)(F)CO. The van der Waals surface area contributed by atoms with Crippen molar-refractivity contribution in [3.05, 3.63) is 39.7 Å². The Kier molecular flexibility index (Phi) is 3.69. The zero-order chi connectivity index (χ0) is 13.2. The summed E-state index contributed by atoms with van der Waals surface area (Å²) < 4.78 is 39.0. The molecule has 94 valence electrons. The second-order valence-electron chi connectivity index (χ2n) is 3.36. The van der Waals surface area contributed by atoms with Gasteiger partial charge in [0.05, 0.1) is 11.0 Å². The number of nitro groups is 1. The van der Waals surface area contributed by atoms with Gasteiger partial charge in [-0.2, -0.15) is 4.39 Å². The van der Waals surface area contributed by atoms with E-state index >= 15 is 0 Å². The molecule has 1 aromatic rings. The molecule has 0 saturated carbocycles. The van der Waals surface area contributed by atoms with Crippen molar-refractivity contribution < 1.29 is 23.2 Å². The van der Waals surface area contributed by atoms with Crippen LogP contribution in [0.4, 0.5) is 18.9 Å². The molecule has 5 nitrogen and oxygen atoms in total. The molecule has 0 aromatic heterocycles. The molecule has 0 amide bonds. The normalized spacial score (nSPS) is 13.5. The first kappa shape index (κ1) is 13.4. The van der Waals surface area contributed by atoms with E-state index in [1.54, 1.807) is 0 Å². The Balaban J connectivity index is 3.16. The van der Waals surface area contributed by atoms with Gasteiger partial charge in [0.15, 0.2) is 0 Å². The van der Waals surface area contributed by atoms with Crippen LogP contribution in [-0.2, 0) is 0 Å². The van der Waals surface area contributed by atoms with Crippen molar-refractivity contribution in [3.63, 3.8) is 0 Å². The minimum Gasteiger partial charge on any atom is -0.390 e. The van der Waals surface area contributed by atoms with Gasteiger partial charge in [0, 0.05) is 6.07 Å². The highest BCUT2D eigenvalue weighted by Crippen LogP contribution is 2.31. The molecule has 0 spiro atoms. The molecular weight excluding hydrogens is 241 g/mol. The Hall–Kier alpha value is -1.67. The lowest BCUT2D eigenvalue weighted by molar-refractivity contribution is -0.387. The highest BCUT2D eigenvalue weighted by atomic mass is 19.3. The van der Waals surface area contributed by atoms with Crippen LogP contribution in [0.25, 0.3) is 0 Å². The van der Waals surface area contributed by atoms with E-state index in [0.717, 1.165) is 6.07 Å². The summed E-state index contributed by atoms with van der Waals surface area (Å²) in [6.07, 6.45) is 0. The van der Waals surface area contributed by atoms with E-state index in [9.17, 15) is 23.3 Å². The van der Waals surface area contributed by atoms with Crippen molar-refractivity contribution in [2.24, 2.45) is 5.73 Å². The summed E-state index contributed by atoms with van der Waals surface area (Å²) in [6.45, 7) is -1.50. The zero-order valence-electron chi connectivity index (χ0n) is 8.44. The van der Waals surface area contributed by atoms with Crippen molar-refractivity contribution in [1.82, 2.24) is 0 Å². The monoisotopic (exact) mass is 250 g/mol. The van der Waals surface area contributed by atoms with E-state index < -0.39 is 35.0 Å². The fourth-order valence-corrected chi connectivity index (χ4v) is 1.21. The number of aliphatic hydroxyl groups is 1. The number of nitro benzene ring substituents is 1. The molecule has 3 N–H and O–H groups in total. The van der Waals surface area contributed by atoms with Gasteiger partial charge in [-0.25, -0.2) is 8.78 Å². The summed E-state index contributed by atoms with van der Waals surface area (Å²) in [7, 11) is 0. The van der Waals surface area contributed by atoms with Gasteiger partial charge in [-0.05, 0) is 11.6 Å². The van der Waals surface area contributed by atoms with E-state index in [1.165, 1.54) is 0 Å². The van der Waals surface area contributed by atoms with Crippen LogP contribution in [0.1, 0.15) is 11.6 Å². The highest BCUT2D eigenvalue weighted by Gasteiger charge is 2.38. The third-order valence-corrected chi connectivity index (χ3v) is 2.19. The quantitative estimate of drug-likeness (QED) is 0.623. The van der Waals surface area contributed by atoms with Gasteiger partial charge in [-0.1, -0.05) is 6.07 Å². The summed E-state index contributed by atoms with van der Waals surface area (Å²) in [5.74, 6) is -4.77. The summed E-state index contributed by atoms with van der Waals surface area (Å²) in [5, 5.41) is 18.8. The predicted molar refractivity (Wildman–Crippen MR) is 52.0 cm³/mol. The Morgan fingerprint density at radius 1 is 1.53 bits per heavy atom. The Bertz CT molecular complexity index is 439. The van der Waals surface area contributed by atoms with E-state index in [2.05, 4.69) is 0 Å². The van der Waals surface area contributed by atoms with Crippen LogP contribution in [-0.4, -0.2) is 22.6 Å². The third kappa shape index (κ3) is 2.71. The van der Waals surface area contributed by atoms with Gasteiger partial charge in [-0.15, -0.1) is 0 Å². The molecule has 0 aliphatic rings. The molecule has 0 unspecified atom stereocenters. The fourth-order valence-electron chi connectivity index (χ4n) is 1.21. The lowest BCUT2D eigenvalue weighted by atomic mass is 10.0. The van der Waals surface area contributed by atoms with Crippen molar-refractivity contribution in [2.75, 3.05) is 6.61 Å². The lowest BCUT2D eigenvalue weighted by Gasteiger charge is -2.21. The molecular formula is C9H9F3N2O3. The first-order valence-corrected chi connectivity index (χ1v) is 4.47. The molecule has 0 bridgehead atoms. The van der Waals surface area contributed by atoms with Gasteiger partial charge >= 0.3 is 5.69 Å². The molecule has 0 aliphatic carbocycles. The van der Waals surface area contributed by atoms with E-state index in [-0.39, 0.29) is 5.56 Å².